The van der Waals surface area contributed by atoms with Gasteiger partial charge in [-0.15, -0.1) is 0 Å². The second kappa shape index (κ2) is 10.8. The first-order valence-electron chi connectivity index (χ1n) is 13.3. The molecule has 214 valence electrons. The average Bonchev–Trinajstić information content (AvgIpc) is 3.40. The Labute approximate surface area is 238 Å². The molecule has 14 heteroatoms. The van der Waals surface area contributed by atoms with Gasteiger partial charge < -0.3 is 29.4 Å². The van der Waals surface area contributed by atoms with Gasteiger partial charge in [0.2, 0.25) is 12.2 Å². The number of amides is 2. The normalized spacial score (nSPS) is 25.0. The number of rotatable bonds is 8. The van der Waals surface area contributed by atoms with E-state index in [1.807, 2.05) is 36.4 Å². The van der Waals surface area contributed by atoms with Crippen LogP contribution < -0.4 is 15.4 Å². The Bertz CT molecular complexity index is 1660. The number of urea groups is 1. The molecule has 4 aromatic rings. The number of carboxylic acid groups (broad SMARTS) is 1. The van der Waals surface area contributed by atoms with Crippen LogP contribution in [-0.2, 0) is 14.2 Å². The molecular weight excluding hydrogens is 546 g/mol. The molecule has 3 aliphatic rings. The molecule has 42 heavy (non-hydrogen) atoms. The maximum atomic E-state index is 12.4. The Balaban J connectivity index is 1.19. The number of nitrogens with zero attached hydrogens (tertiary/aromatic N) is 5. The fourth-order valence-corrected chi connectivity index (χ4v) is 4.84. The number of carbonyl (C=O) groups excluding carboxylic acids is 1. The van der Waals surface area contributed by atoms with Crippen LogP contribution in [0.5, 0.6) is 5.88 Å². The van der Waals surface area contributed by atoms with Gasteiger partial charge in [-0.1, -0.05) is 36.4 Å². The summed E-state index contributed by atoms with van der Waals surface area (Å²) in [4.78, 5) is 41.2. The Kier molecular flexibility index (Phi) is 6.70. The minimum Gasteiger partial charge on any atom is -0.477 e. The minimum atomic E-state index is -1.19. The Morgan fingerprint density at radius 2 is 1.83 bits per heavy atom. The van der Waals surface area contributed by atoms with Gasteiger partial charge in [0.05, 0.1) is 6.33 Å². The molecule has 4 unspecified atom stereocenters. The zero-order valence-corrected chi connectivity index (χ0v) is 21.9. The summed E-state index contributed by atoms with van der Waals surface area (Å²) in [5, 5.41) is 15.2. The average molecular weight is 572 g/mol. The number of nitrogens with one attached hydrogen (secondary N) is 2. The zero-order chi connectivity index (χ0) is 28.6. The predicted octanol–water partition coefficient (Wildman–Crippen LogP) is 2.96. The lowest BCUT2D eigenvalue weighted by atomic mass is 10.2. The summed E-state index contributed by atoms with van der Waals surface area (Å²) in [6, 6.07) is 12.4. The molecule has 3 aromatic heterocycles. The van der Waals surface area contributed by atoms with Crippen LogP contribution in [0.4, 0.5) is 10.6 Å². The Hall–Kier alpha value is -4.92. The second-order valence-electron chi connectivity index (χ2n) is 9.93. The van der Waals surface area contributed by atoms with Crippen molar-refractivity contribution >= 4 is 35.1 Å². The number of imidazole rings is 1. The summed E-state index contributed by atoms with van der Waals surface area (Å²) in [5.41, 5.74) is 1.57. The van der Waals surface area contributed by atoms with Gasteiger partial charge in [-0.3, -0.25) is 9.88 Å². The van der Waals surface area contributed by atoms with E-state index in [1.165, 1.54) is 31.0 Å². The highest BCUT2D eigenvalue weighted by atomic mass is 16.8. The molecule has 7 rings (SSSR count). The van der Waals surface area contributed by atoms with E-state index < -0.39 is 37.0 Å². The third-order valence-electron chi connectivity index (χ3n) is 6.98. The SMILES string of the molecule is O=C(Nc1ncnc2c1ncn2C1OC(Oc2ncccc2C(=O)O)C2O[C@H](C=Cc3ccccc3)OC21)NC1CC1. The van der Waals surface area contributed by atoms with Crippen LogP contribution in [0.3, 0.4) is 0 Å². The van der Waals surface area contributed by atoms with Crippen molar-refractivity contribution in [3.05, 3.63) is 78.5 Å². The molecule has 5 heterocycles. The number of anilines is 1. The van der Waals surface area contributed by atoms with Gasteiger partial charge in [-0.2, -0.15) is 0 Å². The van der Waals surface area contributed by atoms with Crippen molar-refractivity contribution < 1.29 is 33.6 Å². The van der Waals surface area contributed by atoms with Crippen molar-refractivity contribution in [2.75, 3.05) is 5.32 Å². The van der Waals surface area contributed by atoms with Crippen molar-refractivity contribution in [1.29, 1.82) is 0 Å². The first-order chi connectivity index (χ1) is 20.5. The standard InChI is InChI=1S/C28H25N7O7/c36-26(37)17-7-4-12-29-24(17)41-27-21-20(39-18(40-21)11-8-15-5-2-1-3-6-15)25(42-27)35-14-32-19-22(30-13-31-23(19)35)34-28(38)33-16-9-10-16/h1-8,11-14,16,18,20-21,25,27H,9-10H2,(H,36,37)(H2,30,31,33,34,38)/t18-,20?,21?,25?,27?/m1/s1. The maximum Gasteiger partial charge on any atom is 0.341 e. The smallest absolute Gasteiger partial charge is 0.341 e. The van der Waals surface area contributed by atoms with E-state index in [1.54, 1.807) is 10.6 Å². The van der Waals surface area contributed by atoms with E-state index >= 15 is 0 Å². The summed E-state index contributed by atoms with van der Waals surface area (Å²) in [7, 11) is 0. The van der Waals surface area contributed by atoms with Crippen LogP contribution in [0.25, 0.3) is 17.2 Å². The highest BCUT2D eigenvalue weighted by Crippen LogP contribution is 2.42. The van der Waals surface area contributed by atoms with Gasteiger partial charge in [0, 0.05) is 12.2 Å². The first-order valence-corrected chi connectivity index (χ1v) is 13.3. The summed E-state index contributed by atoms with van der Waals surface area (Å²) < 4.78 is 26.3. The van der Waals surface area contributed by atoms with Crippen LogP contribution in [0, 0.1) is 0 Å². The molecule has 14 nitrogen and oxygen atoms in total. The lowest BCUT2D eigenvalue weighted by Crippen LogP contribution is -2.33. The minimum absolute atomic E-state index is 0.118. The Morgan fingerprint density at radius 1 is 1.00 bits per heavy atom. The van der Waals surface area contributed by atoms with E-state index in [9.17, 15) is 14.7 Å². The molecule has 0 spiro atoms. The largest absolute Gasteiger partial charge is 0.477 e. The lowest BCUT2D eigenvalue weighted by Gasteiger charge is -2.21. The van der Waals surface area contributed by atoms with Crippen LogP contribution in [0.2, 0.25) is 0 Å². The van der Waals surface area contributed by atoms with E-state index in [0.717, 1.165) is 18.4 Å². The van der Waals surface area contributed by atoms with Gasteiger partial charge in [0.1, 0.15) is 18.0 Å². The number of pyridine rings is 1. The molecule has 5 atom stereocenters. The molecule has 2 amide bonds. The molecule has 1 saturated carbocycles. The molecule has 1 aliphatic carbocycles. The fourth-order valence-electron chi connectivity index (χ4n) is 4.84. The third-order valence-corrected chi connectivity index (χ3v) is 6.98. The van der Waals surface area contributed by atoms with Gasteiger partial charge in [0.25, 0.3) is 0 Å². The maximum absolute atomic E-state index is 12.4. The van der Waals surface area contributed by atoms with Crippen molar-refractivity contribution in [2.24, 2.45) is 0 Å². The van der Waals surface area contributed by atoms with E-state index in [4.69, 9.17) is 18.9 Å². The summed E-state index contributed by atoms with van der Waals surface area (Å²) in [6.45, 7) is 0. The number of ether oxygens (including phenoxy) is 4. The van der Waals surface area contributed by atoms with Crippen molar-refractivity contribution in [2.45, 2.75) is 49.9 Å². The number of benzene rings is 1. The monoisotopic (exact) mass is 571 g/mol. The third kappa shape index (κ3) is 5.13. The number of carboxylic acids is 1. The van der Waals surface area contributed by atoms with Gasteiger partial charge in [-0.25, -0.2) is 29.5 Å². The van der Waals surface area contributed by atoms with Gasteiger partial charge in [-0.05, 0) is 36.6 Å². The quantitative estimate of drug-likeness (QED) is 0.284. The molecule has 2 saturated heterocycles. The van der Waals surface area contributed by atoms with E-state index in [-0.39, 0.29) is 29.3 Å². The zero-order valence-electron chi connectivity index (χ0n) is 21.9. The summed E-state index contributed by atoms with van der Waals surface area (Å²) in [5.74, 6) is -1.07. The summed E-state index contributed by atoms with van der Waals surface area (Å²) >= 11 is 0. The van der Waals surface area contributed by atoms with Crippen molar-refractivity contribution in [3.8, 4) is 5.88 Å². The molecule has 0 radical (unpaired) electrons. The van der Waals surface area contributed by atoms with Crippen molar-refractivity contribution in [3.63, 3.8) is 0 Å². The van der Waals surface area contributed by atoms with Crippen molar-refractivity contribution in [1.82, 2.24) is 29.8 Å². The fraction of sp³-hybridized carbons (Fsp3) is 0.286. The number of carbonyl (C=O) groups is 2. The molecule has 0 bridgehead atoms. The number of hydrogen-bond acceptors (Lipinski definition) is 10. The number of aromatic nitrogens is 5. The lowest BCUT2D eigenvalue weighted by molar-refractivity contribution is -0.177. The van der Waals surface area contributed by atoms with Crippen LogP contribution in [0.15, 0.2) is 67.4 Å². The van der Waals surface area contributed by atoms with Crippen LogP contribution in [-0.4, -0.2) is 72.4 Å². The highest BCUT2D eigenvalue weighted by molar-refractivity contribution is 5.96. The number of fused-ring (bicyclic) bond motifs is 2. The highest BCUT2D eigenvalue weighted by Gasteiger charge is 2.55. The predicted molar refractivity (Wildman–Crippen MR) is 145 cm³/mol. The van der Waals surface area contributed by atoms with E-state index in [0.29, 0.717) is 11.2 Å². The Morgan fingerprint density at radius 3 is 2.64 bits per heavy atom. The van der Waals surface area contributed by atoms with Crippen LogP contribution >= 0.6 is 0 Å². The molecule has 2 aliphatic heterocycles. The molecule has 3 N–H and O–H groups in total. The van der Waals surface area contributed by atoms with Crippen LogP contribution in [0.1, 0.15) is 35.0 Å². The molecule has 1 aromatic carbocycles. The van der Waals surface area contributed by atoms with Gasteiger partial charge >= 0.3 is 12.0 Å². The van der Waals surface area contributed by atoms with E-state index in [2.05, 4.69) is 30.6 Å². The van der Waals surface area contributed by atoms with Gasteiger partial charge in [0.15, 0.2) is 35.6 Å². The number of aromatic carboxylic acids is 1. The first kappa shape index (κ1) is 26.0. The summed E-state index contributed by atoms with van der Waals surface area (Å²) in [6.07, 6.45) is 5.69. The molecular formula is C28H25N7O7. The number of hydrogen-bond donors (Lipinski definition) is 3. The topological polar surface area (TPSA) is 172 Å². The molecule has 3 fully saturated rings. The second-order valence-corrected chi connectivity index (χ2v) is 9.93.